The number of nitrogens with zero attached hydrogens (tertiary/aromatic N) is 6. The summed E-state index contributed by atoms with van der Waals surface area (Å²) in [5, 5.41) is 2.34. The van der Waals surface area contributed by atoms with Gasteiger partial charge in [0.15, 0.2) is 11.5 Å². The van der Waals surface area contributed by atoms with Gasteiger partial charge in [0, 0.05) is 47.2 Å². The predicted molar refractivity (Wildman–Crippen MR) is 143 cm³/mol. The van der Waals surface area contributed by atoms with Crippen LogP contribution in [0.5, 0.6) is 0 Å². The first-order valence-corrected chi connectivity index (χ1v) is 12.0. The summed E-state index contributed by atoms with van der Waals surface area (Å²) in [5.41, 5.74) is 0.549. The Balaban J connectivity index is 1.49. The molecule has 6 rings (SSSR count). The van der Waals surface area contributed by atoms with Gasteiger partial charge in [0.1, 0.15) is 23.4 Å². The van der Waals surface area contributed by atoms with E-state index in [0.29, 0.717) is 52.3 Å². The van der Waals surface area contributed by atoms with Gasteiger partial charge in [0.05, 0.1) is 11.4 Å². The Kier molecular flexibility index (Phi) is 5.21. The molecule has 0 radical (unpaired) electrons. The smallest absolute Gasteiger partial charge is 0.246 e. The van der Waals surface area contributed by atoms with Crippen LogP contribution in [0.25, 0.3) is 32.9 Å². The van der Waals surface area contributed by atoms with E-state index in [9.17, 15) is 4.79 Å². The summed E-state index contributed by atoms with van der Waals surface area (Å²) in [4.78, 5) is 33.6. The van der Waals surface area contributed by atoms with Gasteiger partial charge >= 0.3 is 0 Å². The Bertz CT molecular complexity index is 1700. The maximum atomic E-state index is 16.1. The third kappa shape index (κ3) is 3.17. The molecule has 0 saturated carbocycles. The van der Waals surface area contributed by atoms with Gasteiger partial charge in [0.2, 0.25) is 5.91 Å². The summed E-state index contributed by atoms with van der Waals surface area (Å²) in [6.45, 7) is 8.38. The number of rotatable bonds is 4. The number of pyridine rings is 1. The van der Waals surface area contributed by atoms with Gasteiger partial charge in [-0.15, -0.1) is 6.42 Å². The molecular formula is C28H20ClFN6O. The van der Waals surface area contributed by atoms with Gasteiger partial charge in [0.25, 0.3) is 0 Å². The summed E-state index contributed by atoms with van der Waals surface area (Å²) in [6, 6.07) is 8.77. The van der Waals surface area contributed by atoms with Gasteiger partial charge in [-0.05, 0) is 36.4 Å². The van der Waals surface area contributed by atoms with Crippen LogP contribution in [0.3, 0.4) is 0 Å². The van der Waals surface area contributed by atoms with Crippen molar-refractivity contribution in [2.45, 2.75) is 18.1 Å². The second-order valence-corrected chi connectivity index (χ2v) is 9.47. The quantitative estimate of drug-likeness (QED) is 0.227. The fourth-order valence-corrected chi connectivity index (χ4v) is 5.86. The number of amides is 1. The molecule has 9 heteroatoms. The number of carbonyl (C=O) groups is 1. The SMILES string of the molecule is C#Cc1cccc2cc(Cl)cc(-c3ncc4c(N5C[C@H]6N(C(=O)C=C)CC[C@]65N=C)ncnc4c3F)c12. The van der Waals surface area contributed by atoms with Crippen LogP contribution in [0.2, 0.25) is 5.02 Å². The zero-order chi connectivity index (χ0) is 25.9. The molecule has 0 unspecified atom stereocenters. The fraction of sp³-hybridized carbons (Fsp3) is 0.179. The number of fused-ring (bicyclic) bond motifs is 3. The molecule has 2 atom stereocenters. The van der Waals surface area contributed by atoms with Crippen LogP contribution in [0.15, 0.2) is 60.5 Å². The lowest BCUT2D eigenvalue weighted by atomic mass is 9.88. The van der Waals surface area contributed by atoms with Gasteiger partial charge in [-0.3, -0.25) is 14.8 Å². The van der Waals surface area contributed by atoms with E-state index in [0.717, 1.165) is 5.39 Å². The van der Waals surface area contributed by atoms with Crippen LogP contribution in [-0.2, 0) is 4.79 Å². The largest absolute Gasteiger partial charge is 0.330 e. The van der Waals surface area contributed by atoms with Crippen LogP contribution in [0, 0.1) is 18.2 Å². The van der Waals surface area contributed by atoms with E-state index in [1.54, 1.807) is 29.3 Å². The zero-order valence-electron chi connectivity index (χ0n) is 19.7. The zero-order valence-corrected chi connectivity index (χ0v) is 20.4. The third-order valence-electron chi connectivity index (χ3n) is 7.39. The highest BCUT2D eigenvalue weighted by Crippen LogP contribution is 2.47. The number of hydrogen-bond donors (Lipinski definition) is 0. The van der Waals surface area contributed by atoms with Crippen molar-refractivity contribution in [3.63, 3.8) is 0 Å². The lowest BCUT2D eigenvalue weighted by Gasteiger charge is -2.54. The molecule has 0 aliphatic carbocycles. The van der Waals surface area contributed by atoms with Crippen molar-refractivity contribution in [3.05, 3.63) is 71.9 Å². The van der Waals surface area contributed by atoms with Crippen molar-refractivity contribution in [1.29, 1.82) is 0 Å². The molecule has 0 spiro atoms. The number of likely N-dealkylation sites (tertiary alicyclic amines) is 1. The molecular weight excluding hydrogens is 491 g/mol. The normalized spacial score (nSPS) is 20.4. The summed E-state index contributed by atoms with van der Waals surface area (Å²) in [5.74, 6) is 2.39. The van der Waals surface area contributed by atoms with Gasteiger partial charge in [-0.1, -0.05) is 36.2 Å². The minimum absolute atomic E-state index is 0.0917. The molecule has 2 saturated heterocycles. The highest BCUT2D eigenvalue weighted by atomic mass is 35.5. The Labute approximate surface area is 217 Å². The lowest BCUT2D eigenvalue weighted by molar-refractivity contribution is -0.128. The Morgan fingerprint density at radius 3 is 2.92 bits per heavy atom. The van der Waals surface area contributed by atoms with Crippen LogP contribution in [-0.4, -0.2) is 57.3 Å². The van der Waals surface area contributed by atoms with E-state index >= 15 is 4.39 Å². The van der Waals surface area contributed by atoms with E-state index in [-0.39, 0.29) is 23.2 Å². The average Bonchev–Trinajstić information content (AvgIpc) is 3.19. The first-order valence-electron chi connectivity index (χ1n) is 11.6. The van der Waals surface area contributed by atoms with Crippen LogP contribution < -0.4 is 4.90 Å². The Morgan fingerprint density at radius 1 is 1.32 bits per heavy atom. The number of carbonyl (C=O) groups excluding carboxylic acids is 1. The number of hydrogen-bond acceptors (Lipinski definition) is 6. The van der Waals surface area contributed by atoms with Gasteiger partial charge < -0.3 is 9.80 Å². The van der Waals surface area contributed by atoms with E-state index in [4.69, 9.17) is 18.0 Å². The second kappa shape index (κ2) is 8.36. The molecule has 2 aliphatic heterocycles. The average molecular weight is 511 g/mol. The lowest BCUT2D eigenvalue weighted by Crippen LogP contribution is -2.71. The fourth-order valence-electron chi connectivity index (χ4n) is 5.64. The van der Waals surface area contributed by atoms with Gasteiger partial charge in [-0.25, -0.2) is 14.4 Å². The third-order valence-corrected chi connectivity index (χ3v) is 7.61. The molecule has 4 heterocycles. The molecule has 182 valence electrons. The number of anilines is 1. The molecule has 0 N–H and O–H groups in total. The predicted octanol–water partition coefficient (Wildman–Crippen LogP) is 4.62. The van der Waals surface area contributed by atoms with Crippen molar-refractivity contribution in [1.82, 2.24) is 19.9 Å². The maximum absolute atomic E-state index is 16.1. The molecule has 7 nitrogen and oxygen atoms in total. The topological polar surface area (TPSA) is 74.6 Å². The highest BCUT2D eigenvalue weighted by molar-refractivity contribution is 6.32. The summed E-state index contributed by atoms with van der Waals surface area (Å²) >= 11 is 6.38. The number of aromatic nitrogens is 3. The molecule has 2 fully saturated rings. The first kappa shape index (κ1) is 23.1. The summed E-state index contributed by atoms with van der Waals surface area (Å²) in [7, 11) is 0. The van der Waals surface area contributed by atoms with E-state index in [2.05, 4.69) is 39.2 Å². The Morgan fingerprint density at radius 2 is 2.16 bits per heavy atom. The number of benzene rings is 2. The minimum Gasteiger partial charge on any atom is -0.330 e. The molecule has 0 bridgehead atoms. The van der Waals surface area contributed by atoms with Crippen molar-refractivity contribution >= 4 is 51.7 Å². The van der Waals surface area contributed by atoms with Crippen LogP contribution in [0.4, 0.5) is 10.2 Å². The van der Waals surface area contributed by atoms with Gasteiger partial charge in [-0.2, -0.15) is 0 Å². The standard InChI is InChI=1S/C28H20ClFN6O/c1-4-16-7-6-8-17-11-18(29)12-19(23(16)17)25-24(30)26-20(13-32-25)27(34-15-33-26)36-14-21-28(36,31-3)9-10-35(21)22(37)5-2/h1,5-8,11-13,15,21H,2-3,9-10,14H2/t21-,28-/m1/s1. The molecule has 1 amide bonds. The monoisotopic (exact) mass is 510 g/mol. The highest BCUT2D eigenvalue weighted by Gasteiger charge is 2.61. The van der Waals surface area contributed by atoms with Crippen LogP contribution >= 0.6 is 11.6 Å². The number of aliphatic imine (C=N–C) groups is 1. The second-order valence-electron chi connectivity index (χ2n) is 9.03. The maximum Gasteiger partial charge on any atom is 0.246 e. The number of terminal acetylenes is 1. The van der Waals surface area contributed by atoms with Crippen molar-refractivity contribution in [2.24, 2.45) is 4.99 Å². The molecule has 37 heavy (non-hydrogen) atoms. The molecule has 2 aromatic carbocycles. The van der Waals surface area contributed by atoms with Crippen LogP contribution in [0.1, 0.15) is 12.0 Å². The first-order chi connectivity index (χ1) is 17.9. The molecule has 2 aromatic heterocycles. The minimum atomic E-state index is -0.750. The molecule has 4 aromatic rings. The van der Waals surface area contributed by atoms with Crippen molar-refractivity contribution < 1.29 is 9.18 Å². The molecule has 2 aliphatic rings. The van der Waals surface area contributed by atoms with E-state index in [1.165, 1.54) is 12.4 Å². The summed E-state index contributed by atoms with van der Waals surface area (Å²) in [6.07, 6.45) is 10.5. The Hall–Kier alpha value is -4.35. The summed E-state index contributed by atoms with van der Waals surface area (Å²) < 4.78 is 16.1. The van der Waals surface area contributed by atoms with Crippen molar-refractivity contribution in [3.8, 4) is 23.6 Å². The van der Waals surface area contributed by atoms with E-state index < -0.39 is 11.5 Å². The van der Waals surface area contributed by atoms with Crippen molar-refractivity contribution in [2.75, 3.05) is 18.0 Å². The van der Waals surface area contributed by atoms with E-state index in [1.807, 2.05) is 17.0 Å². The number of halogens is 2.